The van der Waals surface area contributed by atoms with E-state index in [1.165, 1.54) is 17.0 Å². The maximum Gasteiger partial charge on any atom is 0.261 e. The highest BCUT2D eigenvalue weighted by Gasteiger charge is 2.17. The number of nitrogens with zero attached hydrogens (tertiary/aromatic N) is 2. The van der Waals surface area contributed by atoms with Crippen molar-refractivity contribution in [2.75, 3.05) is 11.9 Å². The van der Waals surface area contributed by atoms with E-state index in [0.717, 1.165) is 0 Å². The molecule has 0 fully saturated rings. The van der Waals surface area contributed by atoms with Gasteiger partial charge in [0.25, 0.3) is 5.91 Å². The van der Waals surface area contributed by atoms with E-state index < -0.39 is 11.7 Å². The van der Waals surface area contributed by atoms with Crippen LogP contribution in [0, 0.1) is 5.82 Å². The zero-order valence-electron chi connectivity index (χ0n) is 9.60. The second-order valence-corrected chi connectivity index (χ2v) is 4.62. The molecular weight excluding hydrogens is 299 g/mol. The van der Waals surface area contributed by atoms with Gasteiger partial charge in [0, 0.05) is 17.7 Å². The average Bonchev–Trinajstić information content (AvgIpc) is 2.38. The Hall–Kier alpha value is -1.75. The predicted octanol–water partition coefficient (Wildman–Crippen LogP) is 3.26. The van der Waals surface area contributed by atoms with Crippen molar-refractivity contribution in [3.05, 3.63) is 58.6 Å². The number of rotatable bonds is 2. The molecule has 3 nitrogen and oxygen atoms in total. The third-order valence-electron chi connectivity index (χ3n) is 2.50. The minimum atomic E-state index is -0.551. The van der Waals surface area contributed by atoms with Crippen LogP contribution in [-0.2, 0) is 0 Å². The Kier molecular flexibility index (Phi) is 3.72. The van der Waals surface area contributed by atoms with E-state index in [4.69, 9.17) is 0 Å². The summed E-state index contributed by atoms with van der Waals surface area (Å²) in [5.74, 6) is -0.960. The molecule has 2 rings (SSSR count). The van der Waals surface area contributed by atoms with Gasteiger partial charge < -0.3 is 4.90 Å². The molecule has 2 aromatic rings. The molecule has 92 valence electrons. The largest absolute Gasteiger partial charge is 0.310 e. The molecule has 18 heavy (non-hydrogen) atoms. The summed E-state index contributed by atoms with van der Waals surface area (Å²) in [6.45, 7) is 0. The van der Waals surface area contributed by atoms with E-state index in [2.05, 4.69) is 20.9 Å². The lowest BCUT2D eigenvalue weighted by atomic mass is 10.2. The Morgan fingerprint density at radius 3 is 2.78 bits per heavy atom. The SMILES string of the molecule is CN(C(=O)c1ccc(Br)cc1F)c1cccnc1. The average molecular weight is 309 g/mol. The van der Waals surface area contributed by atoms with Gasteiger partial charge in [-0.25, -0.2) is 4.39 Å². The van der Waals surface area contributed by atoms with Crippen molar-refractivity contribution in [2.24, 2.45) is 0 Å². The first-order valence-electron chi connectivity index (χ1n) is 5.22. The zero-order chi connectivity index (χ0) is 13.1. The molecule has 0 aliphatic carbocycles. The number of pyridine rings is 1. The summed E-state index contributed by atoms with van der Waals surface area (Å²) in [6, 6.07) is 7.81. The van der Waals surface area contributed by atoms with Crippen LogP contribution in [0.5, 0.6) is 0 Å². The monoisotopic (exact) mass is 308 g/mol. The molecule has 0 radical (unpaired) electrons. The summed E-state index contributed by atoms with van der Waals surface area (Å²) >= 11 is 3.15. The molecule has 1 aromatic carbocycles. The lowest BCUT2D eigenvalue weighted by Crippen LogP contribution is -2.27. The highest BCUT2D eigenvalue weighted by Crippen LogP contribution is 2.19. The van der Waals surface area contributed by atoms with Crippen LogP contribution in [0.15, 0.2) is 47.2 Å². The normalized spacial score (nSPS) is 10.2. The Labute approximate surface area is 112 Å². The molecule has 0 bridgehead atoms. The van der Waals surface area contributed by atoms with E-state index in [1.807, 2.05) is 0 Å². The van der Waals surface area contributed by atoms with E-state index in [1.54, 1.807) is 37.6 Å². The van der Waals surface area contributed by atoms with Crippen LogP contribution >= 0.6 is 15.9 Å². The van der Waals surface area contributed by atoms with Crippen molar-refractivity contribution >= 4 is 27.5 Å². The molecule has 0 N–H and O–H groups in total. The fraction of sp³-hybridized carbons (Fsp3) is 0.0769. The van der Waals surface area contributed by atoms with Gasteiger partial charge in [0.1, 0.15) is 5.82 Å². The highest BCUT2D eigenvalue weighted by atomic mass is 79.9. The van der Waals surface area contributed by atoms with Crippen molar-refractivity contribution in [1.82, 2.24) is 4.98 Å². The molecule has 1 amide bonds. The summed E-state index contributed by atoms with van der Waals surface area (Å²) in [4.78, 5) is 17.4. The molecule has 0 saturated carbocycles. The third kappa shape index (κ3) is 2.56. The Balaban J connectivity index is 2.32. The molecule has 1 heterocycles. The number of halogens is 2. The van der Waals surface area contributed by atoms with E-state index in [9.17, 15) is 9.18 Å². The van der Waals surface area contributed by atoms with E-state index in [0.29, 0.717) is 10.2 Å². The van der Waals surface area contributed by atoms with Crippen molar-refractivity contribution in [3.63, 3.8) is 0 Å². The van der Waals surface area contributed by atoms with Gasteiger partial charge in [-0.1, -0.05) is 15.9 Å². The van der Waals surface area contributed by atoms with Crippen LogP contribution < -0.4 is 4.90 Å². The second kappa shape index (κ2) is 5.27. The molecule has 0 atom stereocenters. The summed E-state index contributed by atoms with van der Waals surface area (Å²) in [6.07, 6.45) is 3.16. The first-order valence-corrected chi connectivity index (χ1v) is 6.02. The minimum absolute atomic E-state index is 0.0320. The topological polar surface area (TPSA) is 33.2 Å². The van der Waals surface area contributed by atoms with Gasteiger partial charge in [0.05, 0.1) is 17.4 Å². The van der Waals surface area contributed by atoms with Crippen LogP contribution in [0.4, 0.5) is 10.1 Å². The summed E-state index contributed by atoms with van der Waals surface area (Å²) in [7, 11) is 1.58. The van der Waals surface area contributed by atoms with E-state index in [-0.39, 0.29) is 5.56 Å². The second-order valence-electron chi connectivity index (χ2n) is 3.70. The van der Waals surface area contributed by atoms with Gasteiger partial charge in [-0.05, 0) is 30.3 Å². The summed E-state index contributed by atoms with van der Waals surface area (Å²) < 4.78 is 14.3. The number of amides is 1. The Morgan fingerprint density at radius 2 is 2.17 bits per heavy atom. The number of hydrogen-bond acceptors (Lipinski definition) is 2. The third-order valence-corrected chi connectivity index (χ3v) is 2.99. The van der Waals surface area contributed by atoms with Gasteiger partial charge in [-0.3, -0.25) is 9.78 Å². The van der Waals surface area contributed by atoms with Crippen LogP contribution in [0.25, 0.3) is 0 Å². The standard InChI is InChI=1S/C13H10BrFN2O/c1-17(10-3-2-6-16-8-10)13(18)11-5-4-9(14)7-12(11)15/h2-8H,1H3. The molecule has 1 aromatic heterocycles. The molecule has 0 spiro atoms. The lowest BCUT2D eigenvalue weighted by Gasteiger charge is -2.17. The molecule has 0 unspecified atom stereocenters. The fourth-order valence-corrected chi connectivity index (χ4v) is 1.85. The number of carbonyl (C=O) groups excluding carboxylic acids is 1. The number of hydrogen-bond donors (Lipinski definition) is 0. The van der Waals surface area contributed by atoms with Crippen molar-refractivity contribution in [1.29, 1.82) is 0 Å². The van der Waals surface area contributed by atoms with Crippen molar-refractivity contribution < 1.29 is 9.18 Å². The summed E-state index contributed by atoms with van der Waals surface area (Å²) in [5.41, 5.74) is 0.648. The summed E-state index contributed by atoms with van der Waals surface area (Å²) in [5, 5.41) is 0. The number of carbonyl (C=O) groups is 1. The van der Waals surface area contributed by atoms with Gasteiger partial charge in [-0.15, -0.1) is 0 Å². The molecule has 0 saturated heterocycles. The van der Waals surface area contributed by atoms with Gasteiger partial charge in [0.2, 0.25) is 0 Å². The maximum absolute atomic E-state index is 13.7. The smallest absolute Gasteiger partial charge is 0.261 e. The number of aromatic nitrogens is 1. The molecule has 5 heteroatoms. The molecule has 0 aliphatic heterocycles. The van der Waals surface area contributed by atoms with Gasteiger partial charge in [0.15, 0.2) is 0 Å². The highest BCUT2D eigenvalue weighted by molar-refractivity contribution is 9.10. The molecular formula is C13H10BrFN2O. The number of benzene rings is 1. The zero-order valence-corrected chi connectivity index (χ0v) is 11.2. The lowest BCUT2D eigenvalue weighted by molar-refractivity contribution is 0.0989. The van der Waals surface area contributed by atoms with Crippen molar-refractivity contribution in [2.45, 2.75) is 0 Å². The first kappa shape index (κ1) is 12.7. The maximum atomic E-state index is 13.7. The van der Waals surface area contributed by atoms with Crippen LogP contribution in [0.2, 0.25) is 0 Å². The fourth-order valence-electron chi connectivity index (χ4n) is 1.51. The first-order chi connectivity index (χ1) is 8.59. The quantitative estimate of drug-likeness (QED) is 0.853. The van der Waals surface area contributed by atoms with Crippen LogP contribution in [-0.4, -0.2) is 17.9 Å². The Morgan fingerprint density at radius 1 is 1.39 bits per heavy atom. The van der Waals surface area contributed by atoms with Crippen molar-refractivity contribution in [3.8, 4) is 0 Å². The van der Waals surface area contributed by atoms with Gasteiger partial charge in [-0.2, -0.15) is 0 Å². The van der Waals surface area contributed by atoms with E-state index >= 15 is 0 Å². The van der Waals surface area contributed by atoms with Gasteiger partial charge >= 0.3 is 0 Å². The van der Waals surface area contributed by atoms with Crippen LogP contribution in [0.1, 0.15) is 10.4 Å². The molecule has 0 aliphatic rings. The Bertz CT molecular complexity index is 574. The van der Waals surface area contributed by atoms with Crippen LogP contribution in [0.3, 0.4) is 0 Å². The number of anilines is 1. The minimum Gasteiger partial charge on any atom is -0.310 e. The predicted molar refractivity (Wildman–Crippen MR) is 71.1 cm³/mol.